The lowest BCUT2D eigenvalue weighted by molar-refractivity contribution is -0.143. The third kappa shape index (κ3) is 8.63. The predicted octanol–water partition coefficient (Wildman–Crippen LogP) is 0.261. The number of hydrogen-bond donors (Lipinski definition) is 3. The van der Waals surface area contributed by atoms with Crippen molar-refractivity contribution >= 4 is 5.96 Å². The third-order valence-corrected chi connectivity index (χ3v) is 4.61. The van der Waals surface area contributed by atoms with Crippen LogP contribution in [0.2, 0.25) is 0 Å². The number of alkyl halides is 3. The molecule has 0 aromatic carbocycles. The molecule has 158 valence electrons. The summed E-state index contributed by atoms with van der Waals surface area (Å²) in [5, 5.41) is 16.9. The molecule has 2 rings (SSSR count). The van der Waals surface area contributed by atoms with Crippen LogP contribution in [0.3, 0.4) is 0 Å². The van der Waals surface area contributed by atoms with Crippen LogP contribution in [0.4, 0.5) is 13.2 Å². The highest BCUT2D eigenvalue weighted by Gasteiger charge is 2.34. The van der Waals surface area contributed by atoms with E-state index in [1.54, 1.807) is 6.92 Å². The fourth-order valence-electron chi connectivity index (χ4n) is 3.40. The maximum Gasteiger partial charge on any atom is 0.401 e. The largest absolute Gasteiger partial charge is 0.401 e. The van der Waals surface area contributed by atoms with Crippen molar-refractivity contribution in [2.45, 2.75) is 38.1 Å². The Labute approximate surface area is 158 Å². The van der Waals surface area contributed by atoms with Crippen LogP contribution < -0.4 is 10.6 Å². The van der Waals surface area contributed by atoms with Gasteiger partial charge in [0.1, 0.15) is 0 Å². The first-order chi connectivity index (χ1) is 12.7. The molecule has 10 heteroatoms. The van der Waals surface area contributed by atoms with Gasteiger partial charge in [0, 0.05) is 45.3 Å². The molecule has 2 atom stereocenters. The summed E-state index contributed by atoms with van der Waals surface area (Å²) in [5.41, 5.74) is -0.988. The first kappa shape index (κ1) is 22.2. The van der Waals surface area contributed by atoms with Crippen LogP contribution in [-0.4, -0.2) is 104 Å². The zero-order valence-corrected chi connectivity index (χ0v) is 16.2. The molecule has 2 aliphatic heterocycles. The van der Waals surface area contributed by atoms with Crippen molar-refractivity contribution in [2.75, 3.05) is 65.6 Å². The summed E-state index contributed by atoms with van der Waals surface area (Å²) in [6.07, 6.45) is -3.55. The molecule has 7 nitrogen and oxygen atoms in total. The van der Waals surface area contributed by atoms with Gasteiger partial charge in [-0.3, -0.25) is 14.8 Å². The average Bonchev–Trinajstić information content (AvgIpc) is 2.98. The van der Waals surface area contributed by atoms with E-state index in [9.17, 15) is 18.3 Å². The Hall–Kier alpha value is -1.10. The average molecular weight is 395 g/mol. The zero-order chi connectivity index (χ0) is 19.9. The van der Waals surface area contributed by atoms with Gasteiger partial charge in [0.05, 0.1) is 31.9 Å². The lowest BCUT2D eigenvalue weighted by atomic mass is 10.1. The maximum atomic E-state index is 12.5. The smallest absolute Gasteiger partial charge is 0.387 e. The van der Waals surface area contributed by atoms with Crippen LogP contribution >= 0.6 is 0 Å². The van der Waals surface area contributed by atoms with Crippen molar-refractivity contribution in [3.05, 3.63) is 0 Å². The number of aliphatic imine (C=N–C) groups is 1. The molecule has 0 aromatic rings. The summed E-state index contributed by atoms with van der Waals surface area (Å²) in [5.74, 6) is 0.526. The Morgan fingerprint density at radius 1 is 1.19 bits per heavy atom. The molecule has 2 aliphatic rings. The Morgan fingerprint density at radius 2 is 1.89 bits per heavy atom. The highest BCUT2D eigenvalue weighted by molar-refractivity contribution is 5.80. The monoisotopic (exact) mass is 395 g/mol. The quantitative estimate of drug-likeness (QED) is 0.424. The van der Waals surface area contributed by atoms with E-state index in [1.807, 2.05) is 6.92 Å². The summed E-state index contributed by atoms with van der Waals surface area (Å²) < 4.78 is 42.9. The number of guanidine groups is 1. The van der Waals surface area contributed by atoms with Gasteiger partial charge in [0.2, 0.25) is 0 Å². The molecule has 0 saturated carbocycles. The molecule has 0 bridgehead atoms. The van der Waals surface area contributed by atoms with Gasteiger partial charge in [0.15, 0.2) is 5.96 Å². The summed E-state index contributed by atoms with van der Waals surface area (Å²) in [4.78, 5) is 8.00. The number of morpholine rings is 1. The van der Waals surface area contributed by atoms with Gasteiger partial charge in [-0.2, -0.15) is 13.2 Å². The van der Waals surface area contributed by atoms with Gasteiger partial charge in [-0.1, -0.05) is 0 Å². The lowest BCUT2D eigenvalue weighted by Gasteiger charge is -2.33. The van der Waals surface area contributed by atoms with E-state index in [2.05, 4.69) is 20.5 Å². The van der Waals surface area contributed by atoms with Crippen molar-refractivity contribution in [1.82, 2.24) is 20.4 Å². The van der Waals surface area contributed by atoms with E-state index < -0.39 is 18.3 Å². The van der Waals surface area contributed by atoms with Gasteiger partial charge < -0.3 is 20.5 Å². The standard InChI is InChI=1S/C17H32F3N5O2/c1-3-21-15(23-14-4-5-25(10-14)13-17(18,19)20)22-11-16(2,26)12-24-6-8-27-9-7-24/h14,26H,3-13H2,1-2H3,(H2,21,22,23). The number of rotatable bonds is 7. The number of aliphatic hydroxyl groups is 1. The fourth-order valence-corrected chi connectivity index (χ4v) is 3.40. The van der Waals surface area contributed by atoms with E-state index in [-0.39, 0.29) is 12.6 Å². The second-order valence-electron chi connectivity index (χ2n) is 7.56. The lowest BCUT2D eigenvalue weighted by Crippen LogP contribution is -2.49. The van der Waals surface area contributed by atoms with E-state index >= 15 is 0 Å². The number of β-amino-alcohol motifs (C(OH)–C–C–N with tert-alkyl or cyclic N) is 1. The topological polar surface area (TPSA) is 72.4 Å². The molecule has 0 aliphatic carbocycles. The molecule has 2 unspecified atom stereocenters. The van der Waals surface area contributed by atoms with Crippen molar-refractivity contribution in [2.24, 2.45) is 4.99 Å². The van der Waals surface area contributed by atoms with Gasteiger partial charge in [-0.15, -0.1) is 0 Å². The SMILES string of the molecule is CCNC(=NCC(C)(O)CN1CCOCC1)NC1CCN(CC(F)(F)F)C1. The van der Waals surface area contributed by atoms with Crippen molar-refractivity contribution in [3.63, 3.8) is 0 Å². The van der Waals surface area contributed by atoms with Gasteiger partial charge in [-0.25, -0.2) is 0 Å². The minimum absolute atomic E-state index is 0.0886. The second-order valence-corrected chi connectivity index (χ2v) is 7.56. The molecular weight excluding hydrogens is 363 g/mol. The van der Waals surface area contributed by atoms with E-state index in [1.165, 1.54) is 4.90 Å². The van der Waals surface area contributed by atoms with E-state index in [0.29, 0.717) is 51.8 Å². The van der Waals surface area contributed by atoms with E-state index in [0.717, 1.165) is 13.1 Å². The summed E-state index contributed by atoms with van der Waals surface area (Å²) in [6.45, 7) is 7.78. The van der Waals surface area contributed by atoms with Crippen LogP contribution in [0.25, 0.3) is 0 Å². The number of nitrogens with zero attached hydrogens (tertiary/aromatic N) is 3. The molecule has 0 aromatic heterocycles. The van der Waals surface area contributed by atoms with Crippen LogP contribution in [0.1, 0.15) is 20.3 Å². The van der Waals surface area contributed by atoms with Gasteiger partial charge in [-0.05, 0) is 20.3 Å². The highest BCUT2D eigenvalue weighted by atomic mass is 19.4. The number of nitrogens with one attached hydrogen (secondary N) is 2. The Morgan fingerprint density at radius 3 is 2.52 bits per heavy atom. The normalized spacial score (nSPS) is 25.4. The highest BCUT2D eigenvalue weighted by Crippen LogP contribution is 2.20. The second kappa shape index (κ2) is 9.90. The minimum Gasteiger partial charge on any atom is -0.387 e. The first-order valence-corrected chi connectivity index (χ1v) is 9.53. The molecule has 2 fully saturated rings. The molecule has 2 heterocycles. The molecule has 3 N–H and O–H groups in total. The van der Waals surface area contributed by atoms with Crippen LogP contribution in [-0.2, 0) is 4.74 Å². The number of hydrogen-bond acceptors (Lipinski definition) is 5. The zero-order valence-electron chi connectivity index (χ0n) is 16.2. The minimum atomic E-state index is -4.17. The van der Waals surface area contributed by atoms with Gasteiger partial charge in [0.25, 0.3) is 0 Å². The van der Waals surface area contributed by atoms with Crippen LogP contribution in [0.15, 0.2) is 4.99 Å². The Balaban J connectivity index is 1.84. The summed E-state index contributed by atoms with van der Waals surface area (Å²) >= 11 is 0. The Kier molecular flexibility index (Phi) is 8.14. The molecule has 0 spiro atoms. The van der Waals surface area contributed by atoms with Crippen molar-refractivity contribution in [1.29, 1.82) is 0 Å². The summed E-state index contributed by atoms with van der Waals surface area (Å²) in [6, 6.07) is -0.0886. The number of ether oxygens (including phenoxy) is 1. The summed E-state index contributed by atoms with van der Waals surface area (Å²) in [7, 11) is 0. The fraction of sp³-hybridized carbons (Fsp3) is 0.941. The third-order valence-electron chi connectivity index (χ3n) is 4.61. The molecule has 2 saturated heterocycles. The molecule has 27 heavy (non-hydrogen) atoms. The number of likely N-dealkylation sites (tertiary alicyclic amines) is 1. The molecule has 0 amide bonds. The Bertz CT molecular complexity index is 482. The van der Waals surface area contributed by atoms with Crippen molar-refractivity contribution in [3.8, 4) is 0 Å². The van der Waals surface area contributed by atoms with E-state index in [4.69, 9.17) is 4.74 Å². The van der Waals surface area contributed by atoms with Crippen LogP contribution in [0.5, 0.6) is 0 Å². The maximum absolute atomic E-state index is 12.5. The molecular formula is C17H32F3N5O2. The first-order valence-electron chi connectivity index (χ1n) is 9.53. The van der Waals surface area contributed by atoms with Gasteiger partial charge >= 0.3 is 6.18 Å². The number of halogens is 3. The van der Waals surface area contributed by atoms with Crippen LogP contribution in [0, 0.1) is 0 Å². The predicted molar refractivity (Wildman–Crippen MR) is 97.9 cm³/mol. The van der Waals surface area contributed by atoms with Crippen molar-refractivity contribution < 1.29 is 23.0 Å². The molecule has 0 radical (unpaired) electrons.